The van der Waals surface area contributed by atoms with E-state index in [9.17, 15) is 24.3 Å². The van der Waals surface area contributed by atoms with E-state index in [2.05, 4.69) is 25.9 Å². The van der Waals surface area contributed by atoms with Crippen LogP contribution in [0.5, 0.6) is 0 Å². The second-order valence-corrected chi connectivity index (χ2v) is 14.2. The molecule has 3 heterocycles. The number of fused-ring (bicyclic) bond motifs is 1. The summed E-state index contributed by atoms with van der Waals surface area (Å²) in [5, 5.41) is 21.4. The number of hydrogen-bond donors (Lipinski definition) is 5. The number of primary amides is 1. The number of nitrogens with one attached hydrogen (secondary N) is 3. The summed E-state index contributed by atoms with van der Waals surface area (Å²) >= 11 is 1.67. The third kappa shape index (κ3) is 9.43. The number of aromatic nitrogens is 2. The molecule has 0 bridgehead atoms. The predicted molar refractivity (Wildman–Crippen MR) is 190 cm³/mol. The third-order valence-electron chi connectivity index (χ3n) is 8.91. The highest BCUT2D eigenvalue weighted by atomic mass is 32.2. The van der Waals surface area contributed by atoms with Crippen LogP contribution >= 0.6 is 11.8 Å². The van der Waals surface area contributed by atoms with E-state index < -0.39 is 48.4 Å². The van der Waals surface area contributed by atoms with Gasteiger partial charge in [-0.25, -0.2) is 4.98 Å². The number of nitrogens with zero attached hydrogens (tertiary/aromatic N) is 3. The van der Waals surface area contributed by atoms with Crippen molar-refractivity contribution >= 4 is 46.3 Å². The Kier molecular flexibility index (Phi) is 11.4. The van der Waals surface area contributed by atoms with E-state index in [1.807, 2.05) is 65.6 Å². The molecule has 1 saturated carbocycles. The molecular weight excluding hydrogens is 655 g/mol. The molecule has 1 aliphatic carbocycles. The monoisotopic (exact) mass is 695 g/mol. The van der Waals surface area contributed by atoms with Crippen molar-refractivity contribution in [2.24, 2.45) is 5.73 Å². The highest BCUT2D eigenvalue weighted by molar-refractivity contribution is 8.00. The van der Waals surface area contributed by atoms with Crippen LogP contribution in [0.4, 0.5) is 0 Å². The molecule has 260 valence electrons. The first-order valence-electron chi connectivity index (χ1n) is 16.8. The van der Waals surface area contributed by atoms with E-state index in [4.69, 9.17) is 5.73 Å². The Balaban J connectivity index is 1.19. The Morgan fingerprint density at radius 1 is 0.940 bits per heavy atom. The van der Waals surface area contributed by atoms with Crippen molar-refractivity contribution < 1.29 is 24.3 Å². The van der Waals surface area contributed by atoms with Gasteiger partial charge in [-0.3, -0.25) is 29.1 Å². The fraction of sp³-hybridized carbons (Fsp3) is 0.351. The van der Waals surface area contributed by atoms with Gasteiger partial charge in [0.1, 0.15) is 11.7 Å². The topological polar surface area (TPSA) is 180 Å². The number of amides is 4. The fourth-order valence-corrected chi connectivity index (χ4v) is 7.40. The molecule has 2 fully saturated rings. The first-order valence-corrected chi connectivity index (χ1v) is 17.7. The molecule has 1 saturated heterocycles. The zero-order valence-corrected chi connectivity index (χ0v) is 28.3. The van der Waals surface area contributed by atoms with E-state index >= 15 is 0 Å². The average molecular weight is 696 g/mol. The largest absolute Gasteiger partial charge is 0.390 e. The second-order valence-electron chi connectivity index (χ2n) is 12.9. The highest BCUT2D eigenvalue weighted by Crippen LogP contribution is 2.33. The predicted octanol–water partition coefficient (Wildman–Crippen LogP) is 2.21. The van der Waals surface area contributed by atoms with Crippen LogP contribution in [0.2, 0.25) is 0 Å². The van der Waals surface area contributed by atoms with Crippen LogP contribution in [-0.2, 0) is 20.8 Å². The number of aliphatic hydroxyl groups is 1. The van der Waals surface area contributed by atoms with E-state index in [1.165, 1.54) is 0 Å². The maximum Gasteiger partial charge on any atom is 0.270 e. The van der Waals surface area contributed by atoms with E-state index in [1.54, 1.807) is 42.4 Å². The van der Waals surface area contributed by atoms with Gasteiger partial charge in [-0.1, -0.05) is 54.6 Å². The zero-order chi connectivity index (χ0) is 35.0. The van der Waals surface area contributed by atoms with Crippen molar-refractivity contribution in [2.75, 3.05) is 13.1 Å². The summed E-state index contributed by atoms with van der Waals surface area (Å²) in [6.07, 6.45) is 4.69. The number of carbonyl (C=O) groups is 4. The van der Waals surface area contributed by atoms with Crippen molar-refractivity contribution in [3.05, 3.63) is 103 Å². The molecule has 5 atom stereocenters. The molecule has 0 radical (unpaired) electrons. The molecule has 4 amide bonds. The minimum Gasteiger partial charge on any atom is -0.390 e. The summed E-state index contributed by atoms with van der Waals surface area (Å²) in [4.78, 5) is 64.1. The van der Waals surface area contributed by atoms with Gasteiger partial charge in [-0.05, 0) is 55.5 Å². The molecule has 1 aliphatic heterocycles. The van der Waals surface area contributed by atoms with Gasteiger partial charge >= 0.3 is 0 Å². The molecule has 2 aliphatic rings. The molecule has 4 aromatic rings. The summed E-state index contributed by atoms with van der Waals surface area (Å²) in [6.45, 7) is 0.666. The Labute approximate surface area is 294 Å². The second kappa shape index (κ2) is 16.2. The number of pyridine rings is 2. The van der Waals surface area contributed by atoms with Crippen LogP contribution < -0.4 is 21.7 Å². The van der Waals surface area contributed by atoms with Crippen LogP contribution in [0.1, 0.15) is 41.7 Å². The number of benzene rings is 2. The summed E-state index contributed by atoms with van der Waals surface area (Å²) in [5.74, 6) is -2.16. The van der Waals surface area contributed by atoms with Crippen LogP contribution in [0.3, 0.4) is 0 Å². The number of likely N-dealkylation sites (tertiary alicyclic amines) is 1. The summed E-state index contributed by atoms with van der Waals surface area (Å²) < 4.78 is 0. The lowest BCUT2D eigenvalue weighted by molar-refractivity contribution is -0.128. The molecule has 50 heavy (non-hydrogen) atoms. The van der Waals surface area contributed by atoms with E-state index in [-0.39, 0.29) is 35.9 Å². The SMILES string of the molecule is NC(=O)C[C@H](NC(=O)c1ccc2ccccc2n1)C(=O)N[C@@H](Cc1ccccc1)[C@H](O)CN1C[C@H](Sc2ccncc2)C[C@H]1C(=O)NC1CC1. The van der Waals surface area contributed by atoms with E-state index in [0.717, 1.165) is 28.7 Å². The normalized spacial score (nSPS) is 19.3. The van der Waals surface area contributed by atoms with Crippen LogP contribution in [0.15, 0.2) is 96.2 Å². The molecule has 6 N–H and O–H groups in total. The molecule has 6 rings (SSSR count). The summed E-state index contributed by atoms with van der Waals surface area (Å²) in [6, 6.07) is 21.5. The van der Waals surface area contributed by atoms with Crippen LogP contribution in [0.25, 0.3) is 10.9 Å². The van der Waals surface area contributed by atoms with Crippen molar-refractivity contribution in [1.29, 1.82) is 0 Å². The smallest absolute Gasteiger partial charge is 0.270 e. The van der Waals surface area contributed by atoms with Crippen LogP contribution in [0, 0.1) is 0 Å². The number of thioether (sulfide) groups is 1. The number of β-amino-alcohol motifs (C(OH)–C–C–N with tert-alkyl or cyclic N) is 1. The van der Waals surface area contributed by atoms with Gasteiger partial charge in [0.15, 0.2) is 0 Å². The van der Waals surface area contributed by atoms with Gasteiger partial charge in [-0.2, -0.15) is 0 Å². The quantitative estimate of drug-likeness (QED) is 0.125. The standard InChI is InChI=1S/C37H41N7O5S/c38-34(46)20-31(43-35(47)29-13-10-24-8-4-5-9-28(24)41-29)36(48)42-30(18-23-6-2-1-3-7-23)33(45)22-44-21-27(50-26-14-16-39-17-15-26)19-32(44)37(49)40-25-11-12-25/h1-10,13-17,25,27,30-33,45H,11-12,18-22H2,(H2,38,46)(H,40,49)(H,42,48)(H,43,47)/t27-,30+,31+,32+,33-/m1/s1. The summed E-state index contributed by atoms with van der Waals surface area (Å²) in [5.41, 5.74) is 7.06. The van der Waals surface area contributed by atoms with Crippen molar-refractivity contribution in [1.82, 2.24) is 30.8 Å². The van der Waals surface area contributed by atoms with Gasteiger partial charge < -0.3 is 26.8 Å². The number of nitrogens with two attached hydrogens (primary N) is 1. The zero-order valence-electron chi connectivity index (χ0n) is 27.5. The van der Waals surface area contributed by atoms with Gasteiger partial charge in [0, 0.05) is 47.1 Å². The fourth-order valence-electron chi connectivity index (χ4n) is 6.19. The van der Waals surface area contributed by atoms with Gasteiger partial charge in [0.2, 0.25) is 17.7 Å². The minimum atomic E-state index is -1.32. The molecule has 2 aromatic carbocycles. The maximum absolute atomic E-state index is 13.8. The number of aliphatic hydroxyl groups excluding tert-OH is 1. The van der Waals surface area contributed by atoms with E-state index in [0.29, 0.717) is 18.5 Å². The Morgan fingerprint density at radius 3 is 2.42 bits per heavy atom. The lowest BCUT2D eigenvalue weighted by Gasteiger charge is -2.31. The number of hydrogen-bond acceptors (Lipinski definition) is 9. The van der Waals surface area contributed by atoms with Crippen molar-refractivity contribution in [3.63, 3.8) is 0 Å². The Morgan fingerprint density at radius 2 is 1.68 bits per heavy atom. The number of para-hydroxylation sites is 1. The molecule has 2 aromatic heterocycles. The molecular formula is C37H41N7O5S. The lowest BCUT2D eigenvalue weighted by Crippen LogP contribution is -2.56. The number of rotatable bonds is 15. The van der Waals surface area contributed by atoms with Crippen LogP contribution in [-0.4, -0.2) is 92.2 Å². The van der Waals surface area contributed by atoms with Gasteiger partial charge in [-0.15, -0.1) is 11.8 Å². The van der Waals surface area contributed by atoms with Gasteiger partial charge in [0.05, 0.1) is 30.1 Å². The molecule has 0 spiro atoms. The molecule has 12 nitrogen and oxygen atoms in total. The number of carbonyl (C=O) groups excluding carboxylic acids is 4. The summed E-state index contributed by atoms with van der Waals surface area (Å²) in [7, 11) is 0. The minimum absolute atomic E-state index is 0.0623. The molecule has 13 heteroatoms. The average Bonchev–Trinajstić information content (AvgIpc) is 3.85. The lowest BCUT2D eigenvalue weighted by atomic mass is 9.99. The third-order valence-corrected chi connectivity index (χ3v) is 10.1. The first-order chi connectivity index (χ1) is 24.2. The first kappa shape index (κ1) is 35.0. The Bertz CT molecular complexity index is 1810. The van der Waals surface area contributed by atoms with Crippen molar-refractivity contribution in [2.45, 2.75) is 72.5 Å². The molecule has 0 unspecified atom stereocenters. The maximum atomic E-state index is 13.8. The Hall–Kier alpha value is -4.85. The van der Waals surface area contributed by atoms with Crippen molar-refractivity contribution in [3.8, 4) is 0 Å². The highest BCUT2D eigenvalue weighted by Gasteiger charge is 2.41. The van der Waals surface area contributed by atoms with Gasteiger partial charge in [0.25, 0.3) is 5.91 Å².